The first-order chi connectivity index (χ1) is 22.0. The molecule has 4 rings (SSSR count). The number of hydrogen-bond acceptors (Lipinski definition) is 5. The number of ether oxygens (including phenoxy) is 1. The van der Waals surface area contributed by atoms with Crippen LogP contribution in [0.1, 0.15) is 37.0 Å². The van der Waals surface area contributed by atoms with Crippen LogP contribution in [-0.2, 0) is 32.6 Å². The summed E-state index contributed by atoms with van der Waals surface area (Å²) >= 11 is 6.32. The largest absolute Gasteiger partial charge is 0.495 e. The molecule has 8 nitrogen and oxygen atoms in total. The molecule has 2 atom stereocenters. The maximum Gasteiger partial charge on any atom is 0.264 e. The molecule has 46 heavy (non-hydrogen) atoms. The molecule has 0 saturated heterocycles. The van der Waals surface area contributed by atoms with Gasteiger partial charge in [0.2, 0.25) is 11.8 Å². The zero-order chi connectivity index (χ0) is 33.3. The number of benzene rings is 4. The lowest BCUT2D eigenvalue weighted by molar-refractivity contribution is -0.140. The Balaban J connectivity index is 1.84. The van der Waals surface area contributed by atoms with E-state index in [1.54, 1.807) is 54.6 Å². The molecule has 0 aliphatic heterocycles. The van der Waals surface area contributed by atoms with E-state index >= 15 is 0 Å². The smallest absolute Gasteiger partial charge is 0.264 e. The predicted molar refractivity (Wildman–Crippen MR) is 183 cm³/mol. The van der Waals surface area contributed by atoms with Crippen LogP contribution in [0.5, 0.6) is 5.75 Å². The summed E-state index contributed by atoms with van der Waals surface area (Å²) in [6.45, 7) is 5.17. The van der Waals surface area contributed by atoms with Crippen LogP contribution in [-0.4, -0.2) is 50.9 Å². The summed E-state index contributed by atoms with van der Waals surface area (Å²) in [6.07, 6.45) is 0.914. The van der Waals surface area contributed by atoms with Crippen LogP contribution in [0.15, 0.2) is 108 Å². The molecule has 2 unspecified atom stereocenters. The zero-order valence-corrected chi connectivity index (χ0v) is 28.1. The predicted octanol–water partition coefficient (Wildman–Crippen LogP) is 6.41. The van der Waals surface area contributed by atoms with Gasteiger partial charge in [-0.05, 0) is 67.8 Å². The fourth-order valence-electron chi connectivity index (χ4n) is 5.01. The first-order valence-corrected chi connectivity index (χ1v) is 17.0. The van der Waals surface area contributed by atoms with Crippen LogP contribution in [0.25, 0.3) is 0 Å². The normalized spacial score (nSPS) is 12.5. The van der Waals surface area contributed by atoms with E-state index in [1.165, 1.54) is 24.1 Å². The van der Waals surface area contributed by atoms with Crippen molar-refractivity contribution in [3.8, 4) is 5.75 Å². The van der Waals surface area contributed by atoms with Crippen LogP contribution >= 0.6 is 11.6 Å². The second kappa shape index (κ2) is 15.8. The van der Waals surface area contributed by atoms with Gasteiger partial charge in [-0.2, -0.15) is 0 Å². The van der Waals surface area contributed by atoms with Crippen LogP contribution in [0.3, 0.4) is 0 Å². The zero-order valence-electron chi connectivity index (χ0n) is 26.5. The number of rotatable bonds is 14. The van der Waals surface area contributed by atoms with Gasteiger partial charge in [0, 0.05) is 24.0 Å². The number of carbonyl (C=O) groups is 2. The number of hydrogen-bond donors (Lipinski definition) is 1. The Morgan fingerprint density at radius 1 is 0.891 bits per heavy atom. The molecule has 0 aliphatic carbocycles. The van der Waals surface area contributed by atoms with Crippen molar-refractivity contribution in [2.45, 2.75) is 57.1 Å². The Hall–Kier alpha value is -4.34. The van der Waals surface area contributed by atoms with E-state index in [1.807, 2.05) is 57.2 Å². The van der Waals surface area contributed by atoms with Gasteiger partial charge in [-0.15, -0.1) is 0 Å². The van der Waals surface area contributed by atoms with Crippen LogP contribution in [0, 0.1) is 6.92 Å². The monoisotopic (exact) mass is 661 g/mol. The number of halogens is 1. The molecule has 0 radical (unpaired) electrons. The number of anilines is 1. The summed E-state index contributed by atoms with van der Waals surface area (Å²) in [5, 5.41) is 3.51. The van der Waals surface area contributed by atoms with Gasteiger partial charge in [0.25, 0.3) is 10.0 Å². The van der Waals surface area contributed by atoms with Crippen molar-refractivity contribution in [3.63, 3.8) is 0 Å². The summed E-state index contributed by atoms with van der Waals surface area (Å²) in [5.41, 5.74) is 2.64. The Labute approximate surface area is 277 Å². The summed E-state index contributed by atoms with van der Waals surface area (Å²) in [6, 6.07) is 28.5. The molecular weight excluding hydrogens is 622 g/mol. The van der Waals surface area contributed by atoms with Crippen molar-refractivity contribution in [2.75, 3.05) is 18.0 Å². The molecule has 0 spiro atoms. The minimum absolute atomic E-state index is 0.0218. The van der Waals surface area contributed by atoms with Gasteiger partial charge in [0.1, 0.15) is 18.3 Å². The van der Waals surface area contributed by atoms with Gasteiger partial charge >= 0.3 is 0 Å². The van der Waals surface area contributed by atoms with Crippen molar-refractivity contribution in [2.24, 2.45) is 0 Å². The number of methoxy groups -OCH3 is 1. The van der Waals surface area contributed by atoms with Gasteiger partial charge in [-0.25, -0.2) is 8.42 Å². The van der Waals surface area contributed by atoms with Crippen LogP contribution in [0.4, 0.5) is 5.69 Å². The molecule has 0 heterocycles. The van der Waals surface area contributed by atoms with Crippen molar-refractivity contribution < 1.29 is 22.7 Å². The number of para-hydroxylation sites is 2. The second-order valence-electron chi connectivity index (χ2n) is 11.2. The van der Waals surface area contributed by atoms with Gasteiger partial charge in [-0.3, -0.25) is 13.9 Å². The van der Waals surface area contributed by atoms with E-state index in [-0.39, 0.29) is 41.2 Å². The molecule has 0 aliphatic rings. The third kappa shape index (κ3) is 8.68. The van der Waals surface area contributed by atoms with Gasteiger partial charge < -0.3 is 15.0 Å². The fourth-order valence-corrected chi connectivity index (χ4v) is 6.65. The lowest BCUT2D eigenvalue weighted by Gasteiger charge is -2.34. The van der Waals surface area contributed by atoms with E-state index < -0.39 is 28.5 Å². The SMILES string of the molecule is CCC(C)NC(=O)C(Cc1ccccc1)N(Cc1cccc(Cl)c1)C(=O)CN(c1ccccc1OC)S(=O)(=O)c1ccc(C)cc1. The summed E-state index contributed by atoms with van der Waals surface area (Å²) in [4.78, 5) is 30.0. The molecule has 0 bridgehead atoms. The molecule has 0 aromatic heterocycles. The molecule has 10 heteroatoms. The third-order valence-corrected chi connectivity index (χ3v) is 9.76. The molecule has 4 aromatic carbocycles. The van der Waals surface area contributed by atoms with Gasteiger partial charge in [0.15, 0.2) is 0 Å². The van der Waals surface area contributed by atoms with Crippen molar-refractivity contribution >= 4 is 39.1 Å². The highest BCUT2D eigenvalue weighted by molar-refractivity contribution is 7.92. The first-order valence-electron chi connectivity index (χ1n) is 15.1. The highest BCUT2D eigenvalue weighted by atomic mass is 35.5. The third-order valence-electron chi connectivity index (χ3n) is 7.76. The van der Waals surface area contributed by atoms with Crippen molar-refractivity contribution in [1.82, 2.24) is 10.2 Å². The topological polar surface area (TPSA) is 96.0 Å². The standard InChI is InChI=1S/C36H40ClN3O5S/c1-5-27(3)38-36(42)33(23-28-12-7-6-8-13-28)39(24-29-14-11-15-30(37)22-29)35(41)25-40(32-16-9-10-17-34(32)45-4)46(43,44)31-20-18-26(2)19-21-31/h6-22,27,33H,5,23-25H2,1-4H3,(H,38,42). The fraction of sp³-hybridized carbons (Fsp3) is 0.278. The lowest BCUT2D eigenvalue weighted by atomic mass is 10.0. The number of sulfonamides is 1. The Bertz CT molecular complexity index is 1730. The number of aryl methyl sites for hydroxylation is 1. The van der Waals surface area contributed by atoms with Gasteiger partial charge in [0.05, 0.1) is 17.7 Å². The van der Waals surface area contributed by atoms with E-state index in [9.17, 15) is 18.0 Å². The molecule has 2 amide bonds. The summed E-state index contributed by atoms with van der Waals surface area (Å²) in [7, 11) is -2.81. The minimum Gasteiger partial charge on any atom is -0.495 e. The Kier molecular flexibility index (Phi) is 11.8. The molecule has 242 valence electrons. The first kappa shape index (κ1) is 34.5. The van der Waals surface area contributed by atoms with Crippen molar-refractivity contribution in [1.29, 1.82) is 0 Å². The molecule has 0 fully saturated rings. The van der Waals surface area contributed by atoms with E-state index in [2.05, 4.69) is 5.32 Å². The molecule has 1 N–H and O–H groups in total. The van der Waals surface area contributed by atoms with E-state index in [0.717, 1.165) is 15.4 Å². The number of nitrogens with one attached hydrogen (secondary N) is 1. The number of carbonyl (C=O) groups excluding carboxylic acids is 2. The second-order valence-corrected chi connectivity index (χ2v) is 13.5. The Morgan fingerprint density at radius 3 is 2.20 bits per heavy atom. The number of amides is 2. The van der Waals surface area contributed by atoms with E-state index in [0.29, 0.717) is 17.0 Å². The lowest BCUT2D eigenvalue weighted by Crippen LogP contribution is -2.54. The van der Waals surface area contributed by atoms with Gasteiger partial charge in [-0.1, -0.05) is 90.8 Å². The van der Waals surface area contributed by atoms with E-state index in [4.69, 9.17) is 16.3 Å². The van der Waals surface area contributed by atoms with Crippen molar-refractivity contribution in [3.05, 3.63) is 125 Å². The van der Waals surface area contributed by atoms with Crippen LogP contribution in [0.2, 0.25) is 5.02 Å². The quantitative estimate of drug-likeness (QED) is 0.169. The summed E-state index contributed by atoms with van der Waals surface area (Å²) < 4.78 is 35.1. The molecular formula is C36H40ClN3O5S. The number of nitrogens with zero attached hydrogens (tertiary/aromatic N) is 2. The maximum absolute atomic E-state index is 14.6. The Morgan fingerprint density at radius 2 is 1.54 bits per heavy atom. The van der Waals surface area contributed by atoms with Crippen LogP contribution < -0.4 is 14.4 Å². The minimum atomic E-state index is -4.26. The highest BCUT2D eigenvalue weighted by Crippen LogP contribution is 2.33. The molecule has 0 saturated carbocycles. The average molecular weight is 662 g/mol. The summed E-state index contributed by atoms with van der Waals surface area (Å²) in [5.74, 6) is -0.622. The molecule has 4 aromatic rings. The average Bonchev–Trinajstić information content (AvgIpc) is 3.05. The maximum atomic E-state index is 14.6. The highest BCUT2D eigenvalue weighted by Gasteiger charge is 2.35.